The van der Waals surface area contributed by atoms with E-state index in [1.165, 1.54) is 19.1 Å². The fourth-order valence-corrected chi connectivity index (χ4v) is 1.08. The average molecular weight is 220 g/mol. The quantitative estimate of drug-likeness (QED) is 0.833. The summed E-state index contributed by atoms with van der Waals surface area (Å²) in [7, 11) is 0. The number of hydrogen-bond acceptors (Lipinski definition) is 2. The van der Waals surface area contributed by atoms with E-state index >= 15 is 0 Å². The molecule has 0 heterocycles. The van der Waals surface area contributed by atoms with Gasteiger partial charge < -0.3 is 9.84 Å². The molecule has 0 saturated heterocycles. The van der Waals surface area contributed by atoms with E-state index in [1.54, 1.807) is 0 Å². The summed E-state index contributed by atoms with van der Waals surface area (Å²) >= 11 is 0. The minimum absolute atomic E-state index is 0.0534. The SMILES string of the molecule is Cc1c(OC(F)(F)F)cccc1C(=O)O. The summed E-state index contributed by atoms with van der Waals surface area (Å²) in [6.07, 6.45) is -4.82. The molecule has 0 atom stereocenters. The number of halogens is 3. The first-order chi connectivity index (χ1) is 6.81. The molecule has 82 valence electrons. The summed E-state index contributed by atoms with van der Waals surface area (Å²) in [5.74, 6) is -1.79. The van der Waals surface area contributed by atoms with Crippen molar-refractivity contribution >= 4 is 5.97 Å². The molecular weight excluding hydrogens is 213 g/mol. The average Bonchev–Trinajstić information content (AvgIpc) is 2.05. The number of benzene rings is 1. The van der Waals surface area contributed by atoms with Crippen LogP contribution in [0.4, 0.5) is 13.2 Å². The van der Waals surface area contributed by atoms with E-state index in [2.05, 4.69) is 4.74 Å². The molecule has 3 nitrogen and oxygen atoms in total. The van der Waals surface area contributed by atoms with Gasteiger partial charge in [-0.3, -0.25) is 0 Å². The van der Waals surface area contributed by atoms with Gasteiger partial charge in [0.1, 0.15) is 5.75 Å². The van der Waals surface area contributed by atoms with Crippen molar-refractivity contribution in [1.29, 1.82) is 0 Å². The molecule has 0 aliphatic rings. The first-order valence-corrected chi connectivity index (χ1v) is 3.90. The summed E-state index contributed by atoms with van der Waals surface area (Å²) in [5.41, 5.74) is -0.265. The molecule has 15 heavy (non-hydrogen) atoms. The Morgan fingerprint density at radius 2 is 2.00 bits per heavy atom. The maximum atomic E-state index is 11.9. The van der Waals surface area contributed by atoms with Crippen LogP contribution in [-0.4, -0.2) is 17.4 Å². The van der Waals surface area contributed by atoms with E-state index < -0.39 is 18.1 Å². The van der Waals surface area contributed by atoms with E-state index in [0.717, 1.165) is 6.07 Å². The van der Waals surface area contributed by atoms with Crippen LogP contribution in [0.1, 0.15) is 15.9 Å². The normalized spacial score (nSPS) is 11.2. The summed E-state index contributed by atoms with van der Waals surface area (Å²) in [6, 6.07) is 3.47. The second kappa shape index (κ2) is 3.80. The van der Waals surface area contributed by atoms with Crippen molar-refractivity contribution in [1.82, 2.24) is 0 Å². The van der Waals surface area contributed by atoms with Gasteiger partial charge in [-0.1, -0.05) is 6.07 Å². The third-order valence-corrected chi connectivity index (χ3v) is 1.74. The van der Waals surface area contributed by atoms with Gasteiger partial charge in [-0.15, -0.1) is 13.2 Å². The Balaban J connectivity index is 3.10. The molecule has 0 spiro atoms. The van der Waals surface area contributed by atoms with Gasteiger partial charge in [0.2, 0.25) is 0 Å². The van der Waals surface area contributed by atoms with Crippen LogP contribution in [0.25, 0.3) is 0 Å². The Morgan fingerprint density at radius 1 is 1.40 bits per heavy atom. The smallest absolute Gasteiger partial charge is 0.478 e. The van der Waals surface area contributed by atoms with Crippen molar-refractivity contribution in [2.24, 2.45) is 0 Å². The van der Waals surface area contributed by atoms with Crippen molar-refractivity contribution in [3.8, 4) is 5.75 Å². The maximum Gasteiger partial charge on any atom is 0.573 e. The van der Waals surface area contributed by atoms with Crippen LogP contribution in [0.2, 0.25) is 0 Å². The summed E-state index contributed by atoms with van der Waals surface area (Å²) in [4.78, 5) is 10.6. The van der Waals surface area contributed by atoms with Gasteiger partial charge in [-0.25, -0.2) is 4.79 Å². The number of rotatable bonds is 2. The number of hydrogen-bond donors (Lipinski definition) is 1. The van der Waals surface area contributed by atoms with Gasteiger partial charge >= 0.3 is 12.3 Å². The number of carboxylic acids is 1. The summed E-state index contributed by atoms with van der Waals surface area (Å²) in [6.45, 7) is 1.25. The zero-order valence-electron chi connectivity index (χ0n) is 7.63. The topological polar surface area (TPSA) is 46.5 Å². The molecule has 0 fully saturated rings. The molecule has 1 N–H and O–H groups in total. The molecule has 1 aromatic rings. The number of alkyl halides is 3. The van der Waals surface area contributed by atoms with E-state index in [4.69, 9.17) is 5.11 Å². The molecule has 0 radical (unpaired) electrons. The number of carboxylic acid groups (broad SMARTS) is 1. The van der Waals surface area contributed by atoms with Crippen LogP contribution >= 0.6 is 0 Å². The highest BCUT2D eigenvalue weighted by Crippen LogP contribution is 2.27. The molecule has 0 aromatic heterocycles. The molecule has 6 heteroatoms. The van der Waals surface area contributed by atoms with E-state index in [0.29, 0.717) is 0 Å². The predicted molar refractivity (Wildman–Crippen MR) is 44.8 cm³/mol. The molecule has 1 rings (SSSR count). The van der Waals surface area contributed by atoms with E-state index in [9.17, 15) is 18.0 Å². The second-order valence-corrected chi connectivity index (χ2v) is 2.78. The predicted octanol–water partition coefficient (Wildman–Crippen LogP) is 2.59. The molecule has 0 aliphatic heterocycles. The molecule has 0 unspecified atom stereocenters. The number of aromatic carboxylic acids is 1. The van der Waals surface area contributed by atoms with Crippen LogP contribution in [0.5, 0.6) is 5.75 Å². The standard InChI is InChI=1S/C9H7F3O3/c1-5-6(8(13)14)3-2-4-7(5)15-9(10,11)12/h2-4H,1H3,(H,13,14). The van der Waals surface area contributed by atoms with Gasteiger partial charge in [0.05, 0.1) is 5.56 Å². The first-order valence-electron chi connectivity index (χ1n) is 3.90. The van der Waals surface area contributed by atoms with E-state index in [-0.39, 0.29) is 11.1 Å². The Morgan fingerprint density at radius 3 is 2.47 bits per heavy atom. The zero-order chi connectivity index (χ0) is 11.6. The minimum Gasteiger partial charge on any atom is -0.478 e. The van der Waals surface area contributed by atoms with Gasteiger partial charge in [0.25, 0.3) is 0 Å². The summed E-state index contributed by atoms with van der Waals surface area (Å²) in [5, 5.41) is 8.65. The largest absolute Gasteiger partial charge is 0.573 e. The number of carbonyl (C=O) groups is 1. The van der Waals surface area contributed by atoms with Crippen LogP contribution in [0.15, 0.2) is 18.2 Å². The number of ether oxygens (including phenoxy) is 1. The Labute approximate surface area is 83.1 Å². The summed E-state index contributed by atoms with van der Waals surface area (Å²) < 4.78 is 39.3. The Bertz CT molecular complexity index is 385. The lowest BCUT2D eigenvalue weighted by molar-refractivity contribution is -0.274. The second-order valence-electron chi connectivity index (χ2n) is 2.78. The highest BCUT2D eigenvalue weighted by atomic mass is 19.4. The monoisotopic (exact) mass is 220 g/mol. The van der Waals surface area contributed by atoms with Crippen molar-refractivity contribution in [2.75, 3.05) is 0 Å². The van der Waals surface area contributed by atoms with Crippen LogP contribution < -0.4 is 4.74 Å². The molecule has 1 aromatic carbocycles. The van der Waals surface area contributed by atoms with Gasteiger partial charge in [-0.2, -0.15) is 0 Å². The van der Waals surface area contributed by atoms with Gasteiger partial charge in [0.15, 0.2) is 0 Å². The lowest BCUT2D eigenvalue weighted by Gasteiger charge is -2.12. The molecule has 0 amide bonds. The maximum absolute atomic E-state index is 11.9. The molecule has 0 aliphatic carbocycles. The highest BCUT2D eigenvalue weighted by Gasteiger charge is 2.32. The third kappa shape index (κ3) is 2.87. The van der Waals surface area contributed by atoms with Crippen molar-refractivity contribution in [2.45, 2.75) is 13.3 Å². The molecule has 0 saturated carbocycles. The van der Waals surface area contributed by atoms with Crippen molar-refractivity contribution in [3.63, 3.8) is 0 Å². The molecular formula is C9H7F3O3. The van der Waals surface area contributed by atoms with Crippen molar-refractivity contribution < 1.29 is 27.8 Å². The minimum atomic E-state index is -4.82. The third-order valence-electron chi connectivity index (χ3n) is 1.74. The zero-order valence-corrected chi connectivity index (χ0v) is 7.63. The van der Waals surface area contributed by atoms with Crippen molar-refractivity contribution in [3.05, 3.63) is 29.3 Å². The highest BCUT2D eigenvalue weighted by molar-refractivity contribution is 5.90. The van der Waals surface area contributed by atoms with Crippen LogP contribution in [0.3, 0.4) is 0 Å². The van der Waals surface area contributed by atoms with Crippen LogP contribution in [0, 0.1) is 6.92 Å². The fourth-order valence-electron chi connectivity index (χ4n) is 1.08. The lowest BCUT2D eigenvalue weighted by Crippen LogP contribution is -2.18. The molecule has 0 bridgehead atoms. The first kappa shape index (κ1) is 11.4. The Kier molecular flexibility index (Phi) is 2.88. The van der Waals surface area contributed by atoms with Crippen LogP contribution in [-0.2, 0) is 0 Å². The Hall–Kier alpha value is -1.72. The fraction of sp³-hybridized carbons (Fsp3) is 0.222. The lowest BCUT2D eigenvalue weighted by atomic mass is 10.1. The van der Waals surface area contributed by atoms with Gasteiger partial charge in [-0.05, 0) is 19.1 Å². The van der Waals surface area contributed by atoms with Gasteiger partial charge in [0, 0.05) is 5.56 Å². The van der Waals surface area contributed by atoms with E-state index in [1.807, 2.05) is 0 Å².